The van der Waals surface area contributed by atoms with Gasteiger partial charge in [-0.05, 0) is 43.7 Å². The van der Waals surface area contributed by atoms with Crippen molar-refractivity contribution in [2.75, 3.05) is 24.3 Å². The summed E-state index contributed by atoms with van der Waals surface area (Å²) in [7, 11) is 1.37. The summed E-state index contributed by atoms with van der Waals surface area (Å²) in [5, 5.41) is 14.4. The standard InChI is InChI=1S/C23H23FN6O4/c1-11-18(7-16-15-6-13(24)4-5-17(15)30-21(16)31)28-12(2)20(11)23(33)25-10-19(34-3)22(32)29-14-8-26-27-9-14/h4-9,19,28H,10H2,1-3H3,(H,25,33)(H,26,27)(H,29,32)(H,30,31)/b16-7-. The minimum Gasteiger partial charge on any atom is -0.370 e. The highest BCUT2D eigenvalue weighted by atomic mass is 19.1. The lowest BCUT2D eigenvalue weighted by Gasteiger charge is -2.15. The fourth-order valence-corrected chi connectivity index (χ4v) is 3.81. The van der Waals surface area contributed by atoms with E-state index >= 15 is 0 Å². The second-order valence-electron chi connectivity index (χ2n) is 7.78. The minimum absolute atomic E-state index is 0.0610. The molecule has 3 heterocycles. The SMILES string of the molecule is COC(CNC(=O)c1c(C)[nH]c(/C=C2\C(=O)Nc3ccc(F)cc32)c1C)C(=O)Nc1cn[nH]c1. The van der Waals surface area contributed by atoms with Crippen LogP contribution in [-0.4, -0.2) is 52.7 Å². The number of nitrogens with one attached hydrogen (secondary N) is 5. The number of hydrogen-bond acceptors (Lipinski definition) is 5. The van der Waals surface area contributed by atoms with Gasteiger partial charge in [0, 0.05) is 35.9 Å². The lowest BCUT2D eigenvalue weighted by atomic mass is 10.0. The third kappa shape index (κ3) is 4.46. The highest BCUT2D eigenvalue weighted by Crippen LogP contribution is 2.34. The zero-order valence-corrected chi connectivity index (χ0v) is 18.7. The summed E-state index contributed by atoms with van der Waals surface area (Å²) >= 11 is 0. The van der Waals surface area contributed by atoms with E-state index in [1.54, 1.807) is 19.9 Å². The largest absolute Gasteiger partial charge is 0.370 e. The van der Waals surface area contributed by atoms with Gasteiger partial charge in [0.2, 0.25) is 0 Å². The molecule has 4 rings (SSSR count). The average Bonchev–Trinajstić information content (AvgIpc) is 3.48. The summed E-state index contributed by atoms with van der Waals surface area (Å²) in [6.07, 6.45) is 3.64. The Morgan fingerprint density at radius 3 is 2.79 bits per heavy atom. The molecule has 5 N–H and O–H groups in total. The van der Waals surface area contributed by atoms with E-state index in [2.05, 4.69) is 31.1 Å². The summed E-state index contributed by atoms with van der Waals surface area (Å²) < 4.78 is 18.9. The second kappa shape index (κ2) is 9.32. The van der Waals surface area contributed by atoms with Crippen LogP contribution in [0.3, 0.4) is 0 Å². The predicted molar refractivity (Wildman–Crippen MR) is 124 cm³/mol. The van der Waals surface area contributed by atoms with Crippen molar-refractivity contribution in [2.24, 2.45) is 0 Å². The van der Waals surface area contributed by atoms with Crippen molar-refractivity contribution >= 4 is 40.7 Å². The van der Waals surface area contributed by atoms with Crippen molar-refractivity contribution < 1.29 is 23.5 Å². The fraction of sp³-hybridized carbons (Fsp3) is 0.217. The lowest BCUT2D eigenvalue weighted by Crippen LogP contribution is -2.41. The summed E-state index contributed by atoms with van der Waals surface area (Å²) in [6, 6.07) is 4.07. The first-order valence-corrected chi connectivity index (χ1v) is 10.4. The Balaban J connectivity index is 1.51. The van der Waals surface area contributed by atoms with Gasteiger partial charge in [0.1, 0.15) is 5.82 Å². The van der Waals surface area contributed by atoms with Gasteiger partial charge in [-0.2, -0.15) is 5.10 Å². The van der Waals surface area contributed by atoms with E-state index in [4.69, 9.17) is 4.74 Å². The number of ether oxygens (including phenoxy) is 1. The average molecular weight is 466 g/mol. The first-order chi connectivity index (χ1) is 16.3. The molecule has 1 unspecified atom stereocenters. The maximum absolute atomic E-state index is 13.7. The number of aromatic amines is 2. The van der Waals surface area contributed by atoms with E-state index in [0.29, 0.717) is 45.0 Å². The number of fused-ring (bicyclic) bond motifs is 1. The van der Waals surface area contributed by atoms with Crippen LogP contribution in [0.1, 0.15) is 32.9 Å². The highest BCUT2D eigenvalue weighted by Gasteiger charge is 2.26. The summed E-state index contributed by atoms with van der Waals surface area (Å²) in [5.41, 5.74) is 3.87. The molecule has 1 atom stereocenters. The van der Waals surface area contributed by atoms with Crippen LogP contribution < -0.4 is 16.0 Å². The fourth-order valence-electron chi connectivity index (χ4n) is 3.81. The Hall–Kier alpha value is -4.25. The molecule has 2 aromatic heterocycles. The molecule has 11 heteroatoms. The molecule has 1 aliphatic heterocycles. The topological polar surface area (TPSA) is 141 Å². The highest BCUT2D eigenvalue weighted by molar-refractivity contribution is 6.34. The lowest BCUT2D eigenvalue weighted by molar-refractivity contribution is -0.125. The number of anilines is 2. The van der Waals surface area contributed by atoms with Crippen molar-refractivity contribution in [1.29, 1.82) is 0 Å². The van der Waals surface area contributed by atoms with E-state index in [-0.39, 0.29) is 12.5 Å². The number of carbonyl (C=O) groups is 3. The van der Waals surface area contributed by atoms with Crippen LogP contribution in [0.2, 0.25) is 0 Å². The number of hydrogen-bond donors (Lipinski definition) is 5. The Bertz CT molecular complexity index is 1300. The normalized spacial score (nSPS) is 14.6. The maximum atomic E-state index is 13.7. The molecule has 1 aliphatic rings. The number of aryl methyl sites for hydroxylation is 1. The Morgan fingerprint density at radius 2 is 2.09 bits per heavy atom. The molecule has 176 valence electrons. The molecule has 3 amide bonds. The van der Waals surface area contributed by atoms with Gasteiger partial charge in [0.15, 0.2) is 6.10 Å². The summed E-state index contributed by atoms with van der Waals surface area (Å²) in [6.45, 7) is 3.41. The van der Waals surface area contributed by atoms with Crippen molar-refractivity contribution in [3.8, 4) is 0 Å². The molecule has 0 bridgehead atoms. The number of H-pyrrole nitrogens is 2. The predicted octanol–water partition coefficient (Wildman–Crippen LogP) is 2.37. The first-order valence-electron chi connectivity index (χ1n) is 10.4. The van der Waals surface area contributed by atoms with Crippen LogP contribution in [0.25, 0.3) is 11.6 Å². The maximum Gasteiger partial charge on any atom is 0.256 e. The number of benzene rings is 1. The second-order valence-corrected chi connectivity index (χ2v) is 7.78. The number of aromatic nitrogens is 3. The van der Waals surface area contributed by atoms with Crippen LogP contribution >= 0.6 is 0 Å². The molecule has 0 fully saturated rings. The van der Waals surface area contributed by atoms with Crippen LogP contribution in [0.4, 0.5) is 15.8 Å². The van der Waals surface area contributed by atoms with Gasteiger partial charge in [-0.15, -0.1) is 0 Å². The van der Waals surface area contributed by atoms with Gasteiger partial charge in [0.05, 0.1) is 29.6 Å². The number of nitrogens with zero attached hydrogens (tertiary/aromatic N) is 1. The van der Waals surface area contributed by atoms with Crippen molar-refractivity contribution in [2.45, 2.75) is 20.0 Å². The zero-order valence-electron chi connectivity index (χ0n) is 18.7. The van der Waals surface area contributed by atoms with E-state index < -0.39 is 23.7 Å². The molecular formula is C23H23FN6O4. The molecule has 1 aromatic carbocycles. The number of methoxy groups -OCH3 is 1. The Kier molecular flexibility index (Phi) is 6.28. The molecule has 0 radical (unpaired) electrons. The zero-order chi connectivity index (χ0) is 24.4. The van der Waals surface area contributed by atoms with Gasteiger partial charge in [0.25, 0.3) is 17.7 Å². The molecule has 0 aliphatic carbocycles. The third-order valence-corrected chi connectivity index (χ3v) is 5.55. The van der Waals surface area contributed by atoms with Crippen molar-refractivity contribution in [3.05, 3.63) is 64.5 Å². The number of carbonyl (C=O) groups excluding carboxylic acids is 3. The van der Waals surface area contributed by atoms with Crippen LogP contribution in [0, 0.1) is 19.7 Å². The summed E-state index contributed by atoms with van der Waals surface area (Å²) in [4.78, 5) is 40.8. The molecule has 3 aromatic rings. The van der Waals surface area contributed by atoms with Crippen LogP contribution in [0.15, 0.2) is 30.6 Å². The van der Waals surface area contributed by atoms with Crippen LogP contribution in [0.5, 0.6) is 0 Å². The van der Waals surface area contributed by atoms with Crippen molar-refractivity contribution in [1.82, 2.24) is 20.5 Å². The molecule has 34 heavy (non-hydrogen) atoms. The first kappa shape index (κ1) is 22.9. The minimum atomic E-state index is -0.923. The number of halogens is 1. The smallest absolute Gasteiger partial charge is 0.256 e. The Morgan fingerprint density at radius 1 is 1.29 bits per heavy atom. The molecular weight excluding hydrogens is 443 g/mol. The molecule has 0 saturated heterocycles. The molecule has 10 nitrogen and oxygen atoms in total. The number of rotatable bonds is 7. The van der Waals surface area contributed by atoms with E-state index in [0.717, 1.165) is 0 Å². The van der Waals surface area contributed by atoms with E-state index in [1.807, 2.05) is 0 Å². The van der Waals surface area contributed by atoms with Crippen LogP contribution in [-0.2, 0) is 14.3 Å². The Labute approximate surface area is 194 Å². The van der Waals surface area contributed by atoms with Gasteiger partial charge in [-0.1, -0.05) is 0 Å². The van der Waals surface area contributed by atoms with Gasteiger partial charge in [-0.25, -0.2) is 4.39 Å². The monoisotopic (exact) mass is 466 g/mol. The van der Waals surface area contributed by atoms with Gasteiger partial charge in [-0.3, -0.25) is 19.5 Å². The number of amides is 3. The molecule has 0 saturated carbocycles. The third-order valence-electron chi connectivity index (χ3n) is 5.55. The van der Waals surface area contributed by atoms with Gasteiger partial charge >= 0.3 is 0 Å². The van der Waals surface area contributed by atoms with E-state index in [1.165, 1.54) is 37.7 Å². The van der Waals surface area contributed by atoms with Crippen molar-refractivity contribution in [3.63, 3.8) is 0 Å². The molecule has 0 spiro atoms. The summed E-state index contributed by atoms with van der Waals surface area (Å²) in [5.74, 6) is -1.65. The quantitative estimate of drug-likeness (QED) is 0.340. The van der Waals surface area contributed by atoms with E-state index in [9.17, 15) is 18.8 Å². The van der Waals surface area contributed by atoms with Gasteiger partial charge < -0.3 is 25.7 Å².